The summed E-state index contributed by atoms with van der Waals surface area (Å²) in [5, 5.41) is 17.6. The third kappa shape index (κ3) is 6.13. The van der Waals surface area contributed by atoms with Crippen molar-refractivity contribution < 1.29 is 14.3 Å². The molecule has 0 spiro atoms. The van der Waals surface area contributed by atoms with Crippen LogP contribution < -0.4 is 5.32 Å². The molecule has 6 heteroatoms. The van der Waals surface area contributed by atoms with Crippen molar-refractivity contribution in [2.24, 2.45) is 11.8 Å². The van der Waals surface area contributed by atoms with Gasteiger partial charge < -0.3 is 14.8 Å². The van der Waals surface area contributed by atoms with Crippen molar-refractivity contribution in [1.29, 1.82) is 10.8 Å². The predicted molar refractivity (Wildman–Crippen MR) is 86.4 cm³/mol. The van der Waals surface area contributed by atoms with Crippen LogP contribution in [-0.2, 0) is 14.3 Å². The van der Waals surface area contributed by atoms with Crippen molar-refractivity contribution in [3.63, 3.8) is 0 Å². The van der Waals surface area contributed by atoms with E-state index in [1.165, 1.54) is 32.1 Å². The van der Waals surface area contributed by atoms with Crippen LogP contribution in [0.1, 0.15) is 52.9 Å². The molecule has 2 atom stereocenters. The quantitative estimate of drug-likeness (QED) is 0.475. The van der Waals surface area contributed by atoms with Crippen molar-refractivity contribution in [3.8, 4) is 0 Å². The molecule has 0 aromatic carbocycles. The van der Waals surface area contributed by atoms with E-state index in [0.29, 0.717) is 18.9 Å². The number of amides is 1. The van der Waals surface area contributed by atoms with Gasteiger partial charge >= 0.3 is 0 Å². The lowest BCUT2D eigenvalue weighted by molar-refractivity contribution is -0.125. The van der Waals surface area contributed by atoms with Crippen LogP contribution in [0.2, 0.25) is 0 Å². The van der Waals surface area contributed by atoms with Gasteiger partial charge in [0, 0.05) is 12.5 Å². The van der Waals surface area contributed by atoms with Gasteiger partial charge in [-0.15, -0.1) is 0 Å². The van der Waals surface area contributed by atoms with Crippen LogP contribution in [0, 0.1) is 22.7 Å². The van der Waals surface area contributed by atoms with E-state index in [0.717, 1.165) is 0 Å². The Morgan fingerprint density at radius 2 is 1.91 bits per heavy atom. The molecule has 6 nitrogen and oxygen atoms in total. The smallest absolute Gasteiger partial charge is 0.223 e. The standard InChI is InChI=1S/C16H29N3O3/c1-11(2)16(20)19-14(15(18)22-10-17)12(3)21-9-13-7-5-4-6-8-13/h10-14,17-18H,4-9H2,1-3H3,(H,19,20). The Labute approximate surface area is 133 Å². The fraction of sp³-hybridized carbons (Fsp3) is 0.812. The highest BCUT2D eigenvalue weighted by Crippen LogP contribution is 2.24. The maximum Gasteiger partial charge on any atom is 0.223 e. The fourth-order valence-electron chi connectivity index (χ4n) is 2.59. The van der Waals surface area contributed by atoms with Gasteiger partial charge in [-0.25, -0.2) is 0 Å². The lowest BCUT2D eigenvalue weighted by atomic mass is 9.90. The van der Waals surface area contributed by atoms with Gasteiger partial charge in [0.05, 0.1) is 6.10 Å². The number of hydrogen-bond donors (Lipinski definition) is 3. The highest BCUT2D eigenvalue weighted by molar-refractivity contribution is 5.89. The summed E-state index contributed by atoms with van der Waals surface area (Å²) in [4.78, 5) is 11.9. The summed E-state index contributed by atoms with van der Waals surface area (Å²) in [6, 6.07) is -0.667. The molecule has 1 rings (SSSR count). The van der Waals surface area contributed by atoms with Crippen LogP contribution in [0.25, 0.3) is 0 Å². The van der Waals surface area contributed by atoms with E-state index >= 15 is 0 Å². The average Bonchev–Trinajstić information content (AvgIpc) is 2.51. The summed E-state index contributed by atoms with van der Waals surface area (Å²) < 4.78 is 10.7. The fourth-order valence-corrected chi connectivity index (χ4v) is 2.59. The molecular formula is C16H29N3O3. The zero-order chi connectivity index (χ0) is 16.5. The minimum atomic E-state index is -0.667. The summed E-state index contributed by atoms with van der Waals surface area (Å²) in [5.74, 6) is 0.0629. The molecule has 1 amide bonds. The Morgan fingerprint density at radius 3 is 2.45 bits per heavy atom. The van der Waals surface area contributed by atoms with E-state index in [1.54, 1.807) is 13.8 Å². The molecule has 1 aliphatic carbocycles. The number of ether oxygens (including phenoxy) is 2. The molecule has 0 aromatic heterocycles. The topological polar surface area (TPSA) is 95.3 Å². The first-order valence-corrected chi connectivity index (χ1v) is 8.11. The minimum Gasteiger partial charge on any atom is -0.430 e. The number of rotatable bonds is 8. The molecule has 1 saturated carbocycles. The number of carbonyl (C=O) groups is 1. The van der Waals surface area contributed by atoms with Gasteiger partial charge in [0.2, 0.25) is 11.8 Å². The SMILES string of the molecule is CC(C)C(=O)NC(C(=N)OC=N)C(C)OCC1CCCCC1. The summed E-state index contributed by atoms with van der Waals surface area (Å²) in [7, 11) is 0. The van der Waals surface area contributed by atoms with Crippen LogP contribution in [0.3, 0.4) is 0 Å². The van der Waals surface area contributed by atoms with Crippen LogP contribution in [0.5, 0.6) is 0 Å². The van der Waals surface area contributed by atoms with Crippen molar-refractivity contribution >= 4 is 18.2 Å². The molecule has 0 radical (unpaired) electrons. The Morgan fingerprint density at radius 1 is 1.27 bits per heavy atom. The van der Waals surface area contributed by atoms with Gasteiger partial charge in [-0.2, -0.15) is 0 Å². The number of hydrogen-bond acceptors (Lipinski definition) is 5. The third-order valence-electron chi connectivity index (χ3n) is 4.08. The summed E-state index contributed by atoms with van der Waals surface area (Å²) in [6.07, 6.45) is 6.51. The summed E-state index contributed by atoms with van der Waals surface area (Å²) in [6.45, 7) is 6.06. The predicted octanol–water partition coefficient (Wildman–Crippen LogP) is 2.71. The maximum absolute atomic E-state index is 11.9. The zero-order valence-electron chi connectivity index (χ0n) is 13.9. The average molecular weight is 311 g/mol. The zero-order valence-corrected chi connectivity index (χ0v) is 13.9. The molecule has 1 aliphatic rings. The molecule has 0 saturated heterocycles. The molecule has 2 unspecified atom stereocenters. The highest BCUT2D eigenvalue weighted by Gasteiger charge is 2.28. The van der Waals surface area contributed by atoms with E-state index in [1.807, 2.05) is 6.92 Å². The molecular weight excluding hydrogens is 282 g/mol. The van der Waals surface area contributed by atoms with Crippen molar-refractivity contribution in [2.75, 3.05) is 6.61 Å². The first-order chi connectivity index (χ1) is 10.5. The molecule has 0 aliphatic heterocycles. The molecule has 126 valence electrons. The van der Waals surface area contributed by atoms with Gasteiger partial charge in [0.25, 0.3) is 0 Å². The lowest BCUT2D eigenvalue weighted by Crippen LogP contribution is -2.50. The molecule has 1 fully saturated rings. The third-order valence-corrected chi connectivity index (χ3v) is 4.08. The summed E-state index contributed by atoms with van der Waals surface area (Å²) >= 11 is 0. The molecule has 22 heavy (non-hydrogen) atoms. The Kier molecular flexibility index (Phi) is 8.09. The van der Waals surface area contributed by atoms with Crippen molar-refractivity contribution in [2.45, 2.75) is 65.0 Å². The molecule has 3 N–H and O–H groups in total. The van der Waals surface area contributed by atoms with E-state index in [4.69, 9.17) is 20.3 Å². The Bertz CT molecular complexity index is 379. The molecule has 0 aromatic rings. The molecule has 0 bridgehead atoms. The van der Waals surface area contributed by atoms with E-state index in [-0.39, 0.29) is 23.8 Å². The van der Waals surface area contributed by atoms with E-state index in [2.05, 4.69) is 5.32 Å². The van der Waals surface area contributed by atoms with Gasteiger partial charge in [-0.3, -0.25) is 15.6 Å². The van der Waals surface area contributed by atoms with E-state index < -0.39 is 6.04 Å². The maximum atomic E-state index is 11.9. The highest BCUT2D eigenvalue weighted by atomic mass is 16.5. The monoisotopic (exact) mass is 311 g/mol. The Balaban J connectivity index is 2.57. The van der Waals surface area contributed by atoms with Crippen LogP contribution in [0.4, 0.5) is 0 Å². The van der Waals surface area contributed by atoms with Gasteiger partial charge in [0.1, 0.15) is 6.04 Å². The van der Waals surface area contributed by atoms with E-state index in [9.17, 15) is 4.79 Å². The molecule has 0 heterocycles. The van der Waals surface area contributed by atoms with Crippen molar-refractivity contribution in [3.05, 3.63) is 0 Å². The summed E-state index contributed by atoms with van der Waals surface area (Å²) in [5.41, 5.74) is 0. The second-order valence-corrected chi connectivity index (χ2v) is 6.28. The minimum absolute atomic E-state index is 0.156. The second-order valence-electron chi connectivity index (χ2n) is 6.28. The van der Waals surface area contributed by atoms with Crippen LogP contribution in [-0.4, -0.2) is 37.0 Å². The van der Waals surface area contributed by atoms with Crippen LogP contribution >= 0.6 is 0 Å². The Hall–Kier alpha value is -1.43. The van der Waals surface area contributed by atoms with Crippen molar-refractivity contribution in [1.82, 2.24) is 5.32 Å². The normalized spacial score (nSPS) is 18.5. The first-order valence-electron chi connectivity index (χ1n) is 8.11. The lowest BCUT2D eigenvalue weighted by Gasteiger charge is -2.28. The number of carbonyl (C=O) groups excluding carboxylic acids is 1. The van der Waals surface area contributed by atoms with Gasteiger partial charge in [0.15, 0.2) is 6.40 Å². The second kappa shape index (κ2) is 9.56. The van der Waals surface area contributed by atoms with Gasteiger partial charge in [-0.05, 0) is 25.7 Å². The largest absolute Gasteiger partial charge is 0.430 e. The van der Waals surface area contributed by atoms with Gasteiger partial charge in [-0.1, -0.05) is 33.1 Å². The van der Waals surface area contributed by atoms with Crippen LogP contribution in [0.15, 0.2) is 0 Å². The first kappa shape index (κ1) is 18.6. The number of nitrogens with one attached hydrogen (secondary N) is 3.